The molecule has 0 radical (unpaired) electrons. The fraction of sp³-hybridized carbons (Fsp3) is 0.355. The van der Waals surface area contributed by atoms with E-state index >= 15 is 0 Å². The van der Waals surface area contributed by atoms with E-state index in [0.29, 0.717) is 17.0 Å². The molecule has 2 aromatic carbocycles. The minimum atomic E-state index is -0.406. The summed E-state index contributed by atoms with van der Waals surface area (Å²) in [6.45, 7) is 13.8. The minimum Gasteiger partial charge on any atom is -0.369 e. The lowest BCUT2D eigenvalue weighted by Crippen LogP contribution is -2.43. The number of hydrogen-bond donors (Lipinski definition) is 3. The van der Waals surface area contributed by atoms with Crippen LogP contribution in [0.15, 0.2) is 53.3 Å². The highest BCUT2D eigenvalue weighted by molar-refractivity contribution is 5.90. The van der Waals surface area contributed by atoms with Crippen molar-refractivity contribution < 1.29 is 9.32 Å². The minimum absolute atomic E-state index is 0.0443. The number of benzene rings is 2. The van der Waals surface area contributed by atoms with Crippen LogP contribution in [0.3, 0.4) is 0 Å². The number of H-pyrrole nitrogens is 1. The van der Waals surface area contributed by atoms with E-state index in [-0.39, 0.29) is 17.3 Å². The summed E-state index contributed by atoms with van der Waals surface area (Å²) in [6.07, 6.45) is 1.55. The number of piperazine rings is 1. The number of anilines is 1. The highest BCUT2D eigenvalue weighted by Crippen LogP contribution is 2.30. The highest BCUT2D eigenvalue weighted by Gasteiger charge is 2.25. The summed E-state index contributed by atoms with van der Waals surface area (Å²) in [7, 11) is 0. The number of imidazole rings is 1. The fourth-order valence-corrected chi connectivity index (χ4v) is 5.19. The lowest BCUT2D eigenvalue weighted by Gasteiger charge is -2.29. The Balaban J connectivity index is 1.21. The molecule has 1 aliphatic heterocycles. The Morgan fingerprint density at radius 1 is 1.02 bits per heavy atom. The number of carbonyl (C=O) groups excluding carboxylic acids is 1. The number of nitrogens with one attached hydrogen (secondary N) is 3. The molecule has 1 atom stereocenters. The average molecular weight is 566 g/mol. The van der Waals surface area contributed by atoms with E-state index in [0.717, 1.165) is 60.0 Å². The average Bonchev–Trinajstić information content (AvgIpc) is 3.66. The maximum absolute atomic E-state index is 12.8. The van der Waals surface area contributed by atoms with Gasteiger partial charge in [0.05, 0.1) is 6.04 Å². The molecular weight excluding hydrogens is 530 g/mol. The summed E-state index contributed by atoms with van der Waals surface area (Å²) in [4.78, 5) is 36.7. The van der Waals surface area contributed by atoms with Gasteiger partial charge >= 0.3 is 11.8 Å². The molecule has 0 unspecified atom stereocenters. The van der Waals surface area contributed by atoms with Crippen LogP contribution >= 0.6 is 0 Å². The van der Waals surface area contributed by atoms with Crippen LogP contribution in [0.25, 0.3) is 33.8 Å². The molecule has 0 spiro atoms. The topological polar surface area (TPSA) is 138 Å². The van der Waals surface area contributed by atoms with Crippen LogP contribution in [0.5, 0.6) is 0 Å². The molecule has 42 heavy (non-hydrogen) atoms. The van der Waals surface area contributed by atoms with Crippen LogP contribution in [0.4, 0.5) is 5.69 Å². The van der Waals surface area contributed by atoms with Gasteiger partial charge in [-0.3, -0.25) is 4.79 Å². The molecule has 1 aliphatic rings. The van der Waals surface area contributed by atoms with Crippen molar-refractivity contribution in [2.45, 2.75) is 46.1 Å². The lowest BCUT2D eigenvalue weighted by molar-refractivity contribution is 0.0895. The Morgan fingerprint density at radius 2 is 1.76 bits per heavy atom. The molecule has 216 valence electrons. The number of aromatic nitrogens is 6. The van der Waals surface area contributed by atoms with Gasteiger partial charge in [-0.15, -0.1) is 0 Å². The zero-order valence-electron chi connectivity index (χ0n) is 24.5. The smallest absolute Gasteiger partial charge is 0.315 e. The predicted molar refractivity (Wildman–Crippen MR) is 161 cm³/mol. The first-order chi connectivity index (χ1) is 20.2. The summed E-state index contributed by atoms with van der Waals surface area (Å²) < 4.78 is 5.20. The van der Waals surface area contributed by atoms with Gasteiger partial charge in [0, 0.05) is 48.4 Å². The van der Waals surface area contributed by atoms with E-state index < -0.39 is 5.91 Å². The summed E-state index contributed by atoms with van der Waals surface area (Å²) in [5.74, 6) is 0.790. The van der Waals surface area contributed by atoms with Crippen molar-refractivity contribution in [1.29, 1.82) is 0 Å². The van der Waals surface area contributed by atoms with Gasteiger partial charge < -0.3 is 25.0 Å². The van der Waals surface area contributed by atoms with Crippen molar-refractivity contribution in [2.24, 2.45) is 0 Å². The fourth-order valence-electron chi connectivity index (χ4n) is 5.19. The molecule has 6 rings (SSSR count). The summed E-state index contributed by atoms with van der Waals surface area (Å²) in [5, 5.41) is 10.3. The van der Waals surface area contributed by atoms with Crippen molar-refractivity contribution in [3.63, 3.8) is 0 Å². The predicted octanol–water partition coefficient (Wildman–Crippen LogP) is 4.58. The van der Waals surface area contributed by atoms with Crippen LogP contribution in [0, 0.1) is 6.92 Å². The number of amides is 1. The molecule has 1 amide bonds. The Kier molecular flexibility index (Phi) is 7.19. The Morgan fingerprint density at radius 3 is 2.45 bits per heavy atom. The van der Waals surface area contributed by atoms with Gasteiger partial charge in [0.2, 0.25) is 0 Å². The van der Waals surface area contributed by atoms with E-state index in [4.69, 9.17) is 9.51 Å². The zero-order valence-corrected chi connectivity index (χ0v) is 24.5. The molecule has 1 saturated heterocycles. The SMILES string of the molecule is Cc1cc(-c2ncnc3[nH]c(-c4ccc(N5CCNCC5)cc4)nc23)ccc1[C@@H](C)NC(=O)c1nc(C(C)(C)C)no1. The second-order valence-corrected chi connectivity index (χ2v) is 11.7. The summed E-state index contributed by atoms with van der Waals surface area (Å²) >= 11 is 0. The summed E-state index contributed by atoms with van der Waals surface area (Å²) in [5.41, 5.74) is 6.92. The van der Waals surface area contributed by atoms with Crippen molar-refractivity contribution in [1.82, 2.24) is 40.7 Å². The maximum atomic E-state index is 12.8. The molecule has 0 bridgehead atoms. The molecule has 11 nitrogen and oxygen atoms in total. The van der Waals surface area contributed by atoms with Gasteiger partial charge in [-0.05, 0) is 55.3 Å². The number of fused-ring (bicyclic) bond motifs is 1. The van der Waals surface area contributed by atoms with Crippen molar-refractivity contribution >= 4 is 22.8 Å². The summed E-state index contributed by atoms with van der Waals surface area (Å²) in [6, 6.07) is 14.2. The third kappa shape index (κ3) is 5.47. The van der Waals surface area contributed by atoms with Crippen molar-refractivity contribution in [3.05, 3.63) is 71.6 Å². The van der Waals surface area contributed by atoms with E-state index in [1.807, 2.05) is 46.8 Å². The van der Waals surface area contributed by atoms with Gasteiger partial charge in [0.25, 0.3) is 0 Å². The first-order valence-electron chi connectivity index (χ1n) is 14.2. The van der Waals surface area contributed by atoms with Crippen LogP contribution in [-0.2, 0) is 5.41 Å². The number of hydrogen-bond acceptors (Lipinski definition) is 9. The second kappa shape index (κ2) is 11.0. The van der Waals surface area contributed by atoms with Crippen LogP contribution in [0.1, 0.15) is 61.4 Å². The van der Waals surface area contributed by atoms with E-state index in [2.05, 4.69) is 71.0 Å². The van der Waals surface area contributed by atoms with E-state index in [1.165, 1.54) is 5.69 Å². The van der Waals surface area contributed by atoms with Crippen LogP contribution in [-0.4, -0.2) is 62.2 Å². The monoisotopic (exact) mass is 565 g/mol. The number of aromatic amines is 1. The molecule has 11 heteroatoms. The number of nitrogens with zero attached hydrogens (tertiary/aromatic N) is 6. The maximum Gasteiger partial charge on any atom is 0.315 e. The number of carbonyl (C=O) groups is 1. The third-order valence-electron chi connectivity index (χ3n) is 7.55. The van der Waals surface area contributed by atoms with Gasteiger partial charge in [0.15, 0.2) is 11.5 Å². The molecule has 0 saturated carbocycles. The van der Waals surface area contributed by atoms with Crippen molar-refractivity contribution in [3.8, 4) is 22.6 Å². The van der Waals surface area contributed by atoms with Gasteiger partial charge in [-0.2, -0.15) is 4.98 Å². The normalized spacial score (nSPS) is 14.7. The zero-order chi connectivity index (χ0) is 29.4. The molecule has 3 aromatic heterocycles. The van der Waals surface area contributed by atoms with Crippen LogP contribution < -0.4 is 15.5 Å². The Labute approximate surface area is 244 Å². The molecule has 4 heterocycles. The van der Waals surface area contributed by atoms with E-state index in [1.54, 1.807) is 6.33 Å². The standard InChI is InChI=1S/C31H35N9O2/c1-18-16-21(8-11-23(18)19(2)35-28(41)29-38-30(39-42-29)31(3,4)5)24-25-27(34-17-33-24)37-26(36-25)20-6-9-22(10-7-20)40-14-12-32-13-15-40/h6-11,16-17,19,32H,12-15H2,1-5H3,(H,35,41)(H,33,34,36,37)/t19-/m1/s1. The molecule has 5 aromatic rings. The first kappa shape index (κ1) is 27.5. The second-order valence-electron chi connectivity index (χ2n) is 11.7. The highest BCUT2D eigenvalue weighted by atomic mass is 16.5. The lowest BCUT2D eigenvalue weighted by atomic mass is 9.96. The number of rotatable bonds is 6. The third-order valence-corrected chi connectivity index (χ3v) is 7.55. The van der Waals surface area contributed by atoms with Crippen LogP contribution in [0.2, 0.25) is 0 Å². The molecule has 0 aliphatic carbocycles. The van der Waals surface area contributed by atoms with Gasteiger partial charge in [0.1, 0.15) is 23.4 Å². The Bertz CT molecular complexity index is 1730. The van der Waals surface area contributed by atoms with E-state index in [9.17, 15) is 4.79 Å². The largest absolute Gasteiger partial charge is 0.369 e. The van der Waals surface area contributed by atoms with Gasteiger partial charge in [-0.1, -0.05) is 38.1 Å². The molecule has 3 N–H and O–H groups in total. The van der Waals surface area contributed by atoms with Gasteiger partial charge in [-0.25, -0.2) is 15.0 Å². The first-order valence-corrected chi connectivity index (χ1v) is 14.2. The quantitative estimate of drug-likeness (QED) is 0.270. The number of aryl methyl sites for hydroxylation is 1. The molecule has 1 fully saturated rings. The Hall–Kier alpha value is -4.64. The molecular formula is C31H35N9O2. The van der Waals surface area contributed by atoms with Crippen molar-refractivity contribution in [2.75, 3.05) is 31.1 Å².